The highest BCUT2D eigenvalue weighted by molar-refractivity contribution is 5.40. The van der Waals surface area contributed by atoms with Crippen molar-refractivity contribution in [3.05, 3.63) is 59.3 Å². The lowest BCUT2D eigenvalue weighted by Gasteiger charge is -2.30. The summed E-state index contributed by atoms with van der Waals surface area (Å²) in [4.78, 5) is 6.64. The van der Waals surface area contributed by atoms with E-state index < -0.39 is 0 Å². The van der Waals surface area contributed by atoms with Crippen molar-refractivity contribution in [3.8, 4) is 6.07 Å². The number of nitrogens with one attached hydrogen (secondary N) is 1. The molecule has 3 rings (SSSR count). The quantitative estimate of drug-likeness (QED) is 0.885. The van der Waals surface area contributed by atoms with E-state index in [9.17, 15) is 5.11 Å². The molecule has 1 aliphatic rings. The largest absolute Gasteiger partial charge is 0.393 e. The predicted molar refractivity (Wildman–Crippen MR) is 93.2 cm³/mol. The number of likely N-dealkylation sites (tertiary alicyclic amines) is 1. The fourth-order valence-electron chi connectivity index (χ4n) is 2.95. The topological polar surface area (TPSA) is 72.2 Å². The molecule has 124 valence electrons. The molecule has 0 spiro atoms. The summed E-state index contributed by atoms with van der Waals surface area (Å²) in [5.74, 6) is 0.768. The summed E-state index contributed by atoms with van der Waals surface area (Å²) >= 11 is 0. The van der Waals surface area contributed by atoms with E-state index in [0.29, 0.717) is 12.1 Å². The van der Waals surface area contributed by atoms with E-state index >= 15 is 0 Å². The number of anilines is 1. The van der Waals surface area contributed by atoms with E-state index in [4.69, 9.17) is 5.26 Å². The van der Waals surface area contributed by atoms with E-state index in [0.717, 1.165) is 38.3 Å². The van der Waals surface area contributed by atoms with Gasteiger partial charge >= 0.3 is 0 Å². The lowest BCUT2D eigenvalue weighted by molar-refractivity contribution is 0.0791. The Bertz CT molecular complexity index is 700. The smallest absolute Gasteiger partial charge is 0.126 e. The summed E-state index contributed by atoms with van der Waals surface area (Å²) in [6.07, 6.45) is 3.15. The van der Waals surface area contributed by atoms with Gasteiger partial charge in [0, 0.05) is 32.4 Å². The lowest BCUT2D eigenvalue weighted by Crippen LogP contribution is -2.35. The Morgan fingerprint density at radius 2 is 1.92 bits per heavy atom. The van der Waals surface area contributed by atoms with Crippen LogP contribution in [0.3, 0.4) is 0 Å². The van der Waals surface area contributed by atoms with Gasteiger partial charge < -0.3 is 10.4 Å². The van der Waals surface area contributed by atoms with Crippen molar-refractivity contribution in [1.29, 1.82) is 5.26 Å². The molecule has 2 N–H and O–H groups in total. The number of nitriles is 1. The van der Waals surface area contributed by atoms with E-state index in [-0.39, 0.29) is 6.10 Å². The average Bonchev–Trinajstić information content (AvgIpc) is 2.63. The summed E-state index contributed by atoms with van der Waals surface area (Å²) in [7, 11) is 0. The Kier molecular flexibility index (Phi) is 5.42. The summed E-state index contributed by atoms with van der Waals surface area (Å²) in [5, 5.41) is 21.8. The van der Waals surface area contributed by atoms with E-state index in [1.807, 2.05) is 12.1 Å². The van der Waals surface area contributed by atoms with Crippen LogP contribution in [0, 0.1) is 11.3 Å². The normalized spacial score (nSPS) is 15.8. The number of aromatic nitrogens is 1. The number of nitrogens with zero attached hydrogens (tertiary/aromatic N) is 3. The average molecular weight is 322 g/mol. The molecule has 5 heteroatoms. The van der Waals surface area contributed by atoms with Crippen LogP contribution in [0.2, 0.25) is 0 Å². The van der Waals surface area contributed by atoms with Crippen molar-refractivity contribution in [2.75, 3.05) is 18.4 Å². The minimum atomic E-state index is -0.138. The SMILES string of the molecule is N#Cc1ccc(NCc2ccccc2CN2CCC(O)CC2)nc1. The van der Waals surface area contributed by atoms with Crippen LogP contribution in [0.25, 0.3) is 0 Å². The Morgan fingerprint density at radius 3 is 2.58 bits per heavy atom. The van der Waals surface area contributed by atoms with Gasteiger partial charge in [-0.15, -0.1) is 0 Å². The predicted octanol–water partition coefficient (Wildman–Crippen LogP) is 2.52. The van der Waals surface area contributed by atoms with Gasteiger partial charge in [0.05, 0.1) is 11.7 Å². The molecule has 0 unspecified atom stereocenters. The molecule has 1 aromatic carbocycles. The van der Waals surface area contributed by atoms with Crippen LogP contribution < -0.4 is 5.32 Å². The zero-order valence-electron chi connectivity index (χ0n) is 13.7. The molecule has 0 saturated carbocycles. The fourth-order valence-corrected chi connectivity index (χ4v) is 2.95. The van der Waals surface area contributed by atoms with E-state index in [1.54, 1.807) is 12.3 Å². The van der Waals surface area contributed by atoms with Crippen molar-refractivity contribution in [2.24, 2.45) is 0 Å². The van der Waals surface area contributed by atoms with Crippen molar-refractivity contribution in [3.63, 3.8) is 0 Å². The summed E-state index contributed by atoms with van der Waals surface area (Å²) in [6, 6.07) is 14.1. The molecule has 2 heterocycles. The lowest BCUT2D eigenvalue weighted by atomic mass is 10.0. The number of rotatable bonds is 5. The zero-order chi connectivity index (χ0) is 16.8. The molecule has 0 bridgehead atoms. The van der Waals surface area contributed by atoms with Crippen LogP contribution in [0.5, 0.6) is 0 Å². The Morgan fingerprint density at radius 1 is 1.17 bits per heavy atom. The second kappa shape index (κ2) is 7.91. The molecule has 2 aromatic rings. The highest BCUT2D eigenvalue weighted by atomic mass is 16.3. The number of benzene rings is 1. The van der Waals surface area contributed by atoms with Crippen LogP contribution >= 0.6 is 0 Å². The third kappa shape index (κ3) is 4.31. The third-order valence-electron chi connectivity index (χ3n) is 4.42. The molecule has 1 aromatic heterocycles. The maximum atomic E-state index is 9.63. The number of piperidine rings is 1. The summed E-state index contributed by atoms with van der Waals surface area (Å²) < 4.78 is 0. The molecule has 0 aliphatic carbocycles. The third-order valence-corrected chi connectivity index (χ3v) is 4.42. The van der Waals surface area contributed by atoms with Gasteiger partial charge in [0.25, 0.3) is 0 Å². The highest BCUT2D eigenvalue weighted by Gasteiger charge is 2.17. The number of hydrogen-bond donors (Lipinski definition) is 2. The van der Waals surface area contributed by atoms with Crippen LogP contribution in [0.15, 0.2) is 42.6 Å². The molecule has 1 fully saturated rings. The Labute approximate surface area is 142 Å². The first-order valence-corrected chi connectivity index (χ1v) is 8.32. The zero-order valence-corrected chi connectivity index (χ0v) is 13.7. The van der Waals surface area contributed by atoms with Crippen molar-refractivity contribution < 1.29 is 5.11 Å². The van der Waals surface area contributed by atoms with Gasteiger partial charge in [-0.1, -0.05) is 24.3 Å². The van der Waals surface area contributed by atoms with Gasteiger partial charge in [-0.2, -0.15) is 5.26 Å². The number of aliphatic hydroxyl groups excluding tert-OH is 1. The van der Waals surface area contributed by atoms with Gasteiger partial charge in [-0.3, -0.25) is 4.90 Å². The van der Waals surface area contributed by atoms with E-state index in [1.165, 1.54) is 11.1 Å². The molecule has 5 nitrogen and oxygen atoms in total. The van der Waals surface area contributed by atoms with Crippen molar-refractivity contribution in [1.82, 2.24) is 9.88 Å². The molecular weight excluding hydrogens is 300 g/mol. The minimum Gasteiger partial charge on any atom is -0.393 e. The van der Waals surface area contributed by atoms with Crippen LogP contribution in [0.4, 0.5) is 5.82 Å². The van der Waals surface area contributed by atoms with Crippen LogP contribution in [-0.4, -0.2) is 34.2 Å². The Hall–Kier alpha value is -2.42. The molecular formula is C19H22N4O. The highest BCUT2D eigenvalue weighted by Crippen LogP contribution is 2.17. The fraction of sp³-hybridized carbons (Fsp3) is 0.368. The maximum absolute atomic E-state index is 9.63. The molecule has 0 radical (unpaired) electrons. The number of hydrogen-bond acceptors (Lipinski definition) is 5. The first-order valence-electron chi connectivity index (χ1n) is 8.32. The monoisotopic (exact) mass is 322 g/mol. The molecule has 24 heavy (non-hydrogen) atoms. The summed E-state index contributed by atoms with van der Waals surface area (Å²) in [5.41, 5.74) is 3.11. The van der Waals surface area contributed by atoms with Crippen molar-refractivity contribution >= 4 is 5.82 Å². The van der Waals surface area contributed by atoms with Gasteiger partial charge in [0.1, 0.15) is 11.9 Å². The molecule has 1 saturated heterocycles. The number of aliphatic hydroxyl groups is 1. The van der Waals surface area contributed by atoms with Gasteiger partial charge in [-0.05, 0) is 36.1 Å². The van der Waals surface area contributed by atoms with Crippen LogP contribution in [-0.2, 0) is 13.1 Å². The Balaban J connectivity index is 1.62. The molecule has 0 atom stereocenters. The molecule has 1 aliphatic heterocycles. The first-order chi connectivity index (χ1) is 11.7. The van der Waals surface area contributed by atoms with E-state index in [2.05, 4.69) is 39.5 Å². The summed E-state index contributed by atoms with van der Waals surface area (Å²) in [6.45, 7) is 3.50. The minimum absolute atomic E-state index is 0.138. The van der Waals surface area contributed by atoms with Crippen molar-refractivity contribution in [2.45, 2.75) is 32.0 Å². The van der Waals surface area contributed by atoms with Crippen LogP contribution in [0.1, 0.15) is 29.5 Å². The number of pyridine rings is 1. The second-order valence-corrected chi connectivity index (χ2v) is 6.17. The van der Waals surface area contributed by atoms with Gasteiger partial charge in [0.15, 0.2) is 0 Å². The van der Waals surface area contributed by atoms with Gasteiger partial charge in [-0.25, -0.2) is 4.98 Å². The maximum Gasteiger partial charge on any atom is 0.126 e. The second-order valence-electron chi connectivity index (χ2n) is 6.17. The first kappa shape index (κ1) is 16.4. The standard InChI is InChI=1S/C19H22N4O/c20-11-15-5-6-19(21-12-15)22-13-16-3-1-2-4-17(16)14-23-9-7-18(24)8-10-23/h1-6,12,18,24H,7-10,13-14H2,(H,21,22). The molecule has 0 amide bonds. The van der Waals surface area contributed by atoms with Gasteiger partial charge in [0.2, 0.25) is 0 Å².